The number of rotatable bonds is 9. The van der Waals surface area contributed by atoms with Crippen molar-refractivity contribution >= 4 is 29.9 Å². The summed E-state index contributed by atoms with van der Waals surface area (Å²) in [6.07, 6.45) is 2.51. The average Bonchev–Trinajstić information content (AvgIpc) is 3.12. The number of nitrogens with one attached hydrogen (secondary N) is 2. The summed E-state index contributed by atoms with van der Waals surface area (Å²) in [5.41, 5.74) is 1.11. The maximum absolute atomic E-state index is 5.89. The van der Waals surface area contributed by atoms with Gasteiger partial charge in [0.1, 0.15) is 18.1 Å². The fourth-order valence-electron chi connectivity index (χ4n) is 2.29. The van der Waals surface area contributed by atoms with Crippen LogP contribution in [0.2, 0.25) is 0 Å². The standard InChI is InChI=1S/C19H28N4O2.HI/c1-20-19(21-11-10-17-8-6-13-24-17)22-15-16-7-4-5-9-18(16)25-14-12-23(2)3;/h4-9,13H,10-12,14-15H2,1-3H3,(H2,20,21,22);1H. The van der Waals surface area contributed by atoms with Crippen molar-refractivity contribution in [2.24, 2.45) is 4.99 Å². The van der Waals surface area contributed by atoms with E-state index < -0.39 is 0 Å². The van der Waals surface area contributed by atoms with Gasteiger partial charge in [-0.1, -0.05) is 18.2 Å². The van der Waals surface area contributed by atoms with Crippen LogP contribution in [0.15, 0.2) is 52.1 Å². The first-order valence-corrected chi connectivity index (χ1v) is 8.51. The molecular weight excluding hydrogens is 443 g/mol. The number of furan rings is 1. The highest BCUT2D eigenvalue weighted by Crippen LogP contribution is 2.17. The van der Waals surface area contributed by atoms with Gasteiger partial charge in [0, 0.05) is 38.7 Å². The van der Waals surface area contributed by atoms with Crippen molar-refractivity contribution in [3.05, 3.63) is 54.0 Å². The molecule has 0 saturated carbocycles. The molecule has 6 nitrogen and oxygen atoms in total. The fraction of sp³-hybridized carbons (Fsp3) is 0.421. The molecule has 0 amide bonds. The molecule has 0 aliphatic heterocycles. The molecule has 0 saturated heterocycles. The SMILES string of the molecule is CN=C(NCCc1ccco1)NCc1ccccc1OCCN(C)C.I. The Bertz CT molecular complexity index is 645. The summed E-state index contributed by atoms with van der Waals surface area (Å²) in [5.74, 6) is 2.63. The first-order chi connectivity index (χ1) is 12.2. The summed E-state index contributed by atoms with van der Waals surface area (Å²) in [7, 11) is 5.84. The van der Waals surface area contributed by atoms with E-state index in [0.717, 1.165) is 42.5 Å². The van der Waals surface area contributed by atoms with Gasteiger partial charge in [-0.2, -0.15) is 0 Å². The van der Waals surface area contributed by atoms with E-state index in [1.54, 1.807) is 13.3 Å². The number of aliphatic imine (C=N–C) groups is 1. The first-order valence-electron chi connectivity index (χ1n) is 8.51. The first kappa shape index (κ1) is 22.3. The summed E-state index contributed by atoms with van der Waals surface area (Å²) >= 11 is 0. The molecule has 144 valence electrons. The van der Waals surface area contributed by atoms with E-state index in [1.165, 1.54) is 0 Å². The van der Waals surface area contributed by atoms with Crippen LogP contribution in [0.3, 0.4) is 0 Å². The molecular formula is C19H29IN4O2. The van der Waals surface area contributed by atoms with Gasteiger partial charge in [-0.15, -0.1) is 24.0 Å². The highest BCUT2D eigenvalue weighted by Gasteiger charge is 2.05. The minimum Gasteiger partial charge on any atom is -0.492 e. The normalized spacial score (nSPS) is 11.2. The monoisotopic (exact) mass is 472 g/mol. The maximum Gasteiger partial charge on any atom is 0.191 e. The van der Waals surface area contributed by atoms with E-state index in [2.05, 4.69) is 26.6 Å². The molecule has 0 aliphatic carbocycles. The second-order valence-corrected chi connectivity index (χ2v) is 5.94. The van der Waals surface area contributed by atoms with Crippen LogP contribution in [0.1, 0.15) is 11.3 Å². The zero-order chi connectivity index (χ0) is 17.9. The van der Waals surface area contributed by atoms with Crippen molar-refractivity contribution in [2.45, 2.75) is 13.0 Å². The van der Waals surface area contributed by atoms with Gasteiger partial charge in [0.25, 0.3) is 0 Å². The lowest BCUT2D eigenvalue weighted by Gasteiger charge is -2.16. The van der Waals surface area contributed by atoms with Crippen LogP contribution in [-0.4, -0.2) is 51.7 Å². The smallest absolute Gasteiger partial charge is 0.191 e. The molecule has 1 aromatic carbocycles. The Morgan fingerprint density at radius 3 is 2.65 bits per heavy atom. The van der Waals surface area contributed by atoms with Crippen molar-refractivity contribution in [1.82, 2.24) is 15.5 Å². The van der Waals surface area contributed by atoms with Crippen molar-refractivity contribution in [3.63, 3.8) is 0 Å². The number of nitrogens with zero attached hydrogens (tertiary/aromatic N) is 2. The molecule has 0 radical (unpaired) electrons. The fourth-order valence-corrected chi connectivity index (χ4v) is 2.29. The molecule has 1 aromatic heterocycles. The topological polar surface area (TPSA) is 62.0 Å². The van der Waals surface area contributed by atoms with Gasteiger partial charge in [0.05, 0.1) is 6.26 Å². The molecule has 0 spiro atoms. The van der Waals surface area contributed by atoms with Gasteiger partial charge in [0.15, 0.2) is 5.96 Å². The average molecular weight is 472 g/mol. The molecule has 0 unspecified atom stereocenters. The third-order valence-electron chi connectivity index (χ3n) is 3.68. The molecule has 2 rings (SSSR count). The highest BCUT2D eigenvalue weighted by atomic mass is 127. The van der Waals surface area contributed by atoms with E-state index in [0.29, 0.717) is 13.2 Å². The number of para-hydroxylation sites is 1. The van der Waals surface area contributed by atoms with Gasteiger partial charge in [-0.3, -0.25) is 4.99 Å². The lowest BCUT2D eigenvalue weighted by molar-refractivity contribution is 0.259. The Morgan fingerprint density at radius 1 is 1.15 bits per heavy atom. The predicted octanol–water partition coefficient (Wildman–Crippen LogP) is 2.75. The van der Waals surface area contributed by atoms with Gasteiger partial charge >= 0.3 is 0 Å². The van der Waals surface area contributed by atoms with Crippen LogP contribution in [0.25, 0.3) is 0 Å². The highest BCUT2D eigenvalue weighted by molar-refractivity contribution is 14.0. The Labute approximate surface area is 173 Å². The van der Waals surface area contributed by atoms with Crippen LogP contribution in [-0.2, 0) is 13.0 Å². The van der Waals surface area contributed by atoms with Crippen LogP contribution >= 0.6 is 24.0 Å². The van der Waals surface area contributed by atoms with Crippen LogP contribution in [0.4, 0.5) is 0 Å². The van der Waals surface area contributed by atoms with Gasteiger partial charge < -0.3 is 24.7 Å². The summed E-state index contributed by atoms with van der Waals surface area (Å²) in [5, 5.41) is 6.61. The van der Waals surface area contributed by atoms with E-state index in [9.17, 15) is 0 Å². The number of guanidine groups is 1. The van der Waals surface area contributed by atoms with Crippen molar-refractivity contribution in [1.29, 1.82) is 0 Å². The van der Waals surface area contributed by atoms with Crippen molar-refractivity contribution in [2.75, 3.05) is 40.8 Å². The molecule has 2 N–H and O–H groups in total. The lowest BCUT2D eigenvalue weighted by Crippen LogP contribution is -2.37. The number of likely N-dealkylation sites (N-methyl/N-ethyl adjacent to an activating group) is 1. The minimum atomic E-state index is 0. The molecule has 26 heavy (non-hydrogen) atoms. The van der Waals surface area contributed by atoms with E-state index in [1.807, 2.05) is 44.4 Å². The zero-order valence-corrected chi connectivity index (χ0v) is 18.0. The molecule has 1 heterocycles. The van der Waals surface area contributed by atoms with Gasteiger partial charge in [0.2, 0.25) is 0 Å². The molecule has 0 aliphatic rings. The Balaban J connectivity index is 0.00000338. The molecule has 7 heteroatoms. The number of benzene rings is 1. The number of hydrogen-bond acceptors (Lipinski definition) is 4. The number of halogens is 1. The lowest BCUT2D eigenvalue weighted by atomic mass is 10.2. The number of ether oxygens (including phenoxy) is 1. The van der Waals surface area contributed by atoms with E-state index >= 15 is 0 Å². The van der Waals surface area contributed by atoms with E-state index in [4.69, 9.17) is 9.15 Å². The second-order valence-electron chi connectivity index (χ2n) is 5.94. The summed E-state index contributed by atoms with van der Waals surface area (Å²) in [4.78, 5) is 6.36. The largest absolute Gasteiger partial charge is 0.492 e. The molecule has 0 atom stereocenters. The summed E-state index contributed by atoms with van der Waals surface area (Å²) in [6.45, 7) is 2.96. The predicted molar refractivity (Wildman–Crippen MR) is 117 cm³/mol. The Morgan fingerprint density at radius 2 is 1.96 bits per heavy atom. The summed E-state index contributed by atoms with van der Waals surface area (Å²) < 4.78 is 11.2. The third kappa shape index (κ3) is 8.09. The quantitative estimate of drug-likeness (QED) is 0.334. The zero-order valence-electron chi connectivity index (χ0n) is 15.7. The Hall–Kier alpha value is -1.74. The van der Waals surface area contributed by atoms with Crippen LogP contribution in [0.5, 0.6) is 5.75 Å². The number of hydrogen-bond donors (Lipinski definition) is 2. The molecule has 0 bridgehead atoms. The maximum atomic E-state index is 5.89. The van der Waals surface area contributed by atoms with Gasteiger partial charge in [-0.25, -0.2) is 0 Å². The molecule has 0 fully saturated rings. The second kappa shape index (κ2) is 12.6. The minimum absolute atomic E-state index is 0. The third-order valence-corrected chi connectivity index (χ3v) is 3.68. The Kier molecular flexibility index (Phi) is 10.8. The van der Waals surface area contributed by atoms with Gasteiger partial charge in [-0.05, 0) is 32.3 Å². The van der Waals surface area contributed by atoms with Crippen LogP contribution in [0, 0.1) is 0 Å². The van der Waals surface area contributed by atoms with Crippen molar-refractivity contribution < 1.29 is 9.15 Å². The molecule has 2 aromatic rings. The van der Waals surface area contributed by atoms with E-state index in [-0.39, 0.29) is 24.0 Å². The van der Waals surface area contributed by atoms with Crippen LogP contribution < -0.4 is 15.4 Å². The van der Waals surface area contributed by atoms with Crippen molar-refractivity contribution in [3.8, 4) is 5.75 Å². The summed E-state index contributed by atoms with van der Waals surface area (Å²) in [6, 6.07) is 11.9.